The lowest BCUT2D eigenvalue weighted by Gasteiger charge is -2.28. The van der Waals surface area contributed by atoms with Crippen molar-refractivity contribution in [1.82, 2.24) is 5.32 Å². The summed E-state index contributed by atoms with van der Waals surface area (Å²) in [4.78, 5) is 37.1. The summed E-state index contributed by atoms with van der Waals surface area (Å²) in [5.74, 6) is -3.17. The number of hydrogen-bond acceptors (Lipinski definition) is 7. The van der Waals surface area contributed by atoms with E-state index in [1.165, 1.54) is 6.08 Å². The number of rotatable bonds is 10. The van der Waals surface area contributed by atoms with Crippen molar-refractivity contribution in [2.24, 2.45) is 0 Å². The molecule has 9 heteroatoms. The SMILES string of the molecule is C=CC(C)(C)OC(=O)[C@H](CCC1(C)OC[C@@H](C(=O)O)O1)NC(=O)OCC1c2ccccc2-c2ccccc21. The van der Waals surface area contributed by atoms with Crippen molar-refractivity contribution >= 4 is 18.0 Å². The first kappa shape index (κ1) is 27.3. The summed E-state index contributed by atoms with van der Waals surface area (Å²) in [7, 11) is 0. The van der Waals surface area contributed by atoms with E-state index in [0.717, 1.165) is 22.3 Å². The fourth-order valence-corrected chi connectivity index (χ4v) is 4.68. The summed E-state index contributed by atoms with van der Waals surface area (Å²) in [5.41, 5.74) is 3.39. The highest BCUT2D eigenvalue weighted by Gasteiger charge is 2.42. The number of carboxylic acids is 1. The molecule has 1 aliphatic carbocycles. The molecule has 0 spiro atoms. The van der Waals surface area contributed by atoms with E-state index >= 15 is 0 Å². The van der Waals surface area contributed by atoms with Gasteiger partial charge in [-0.2, -0.15) is 0 Å². The van der Waals surface area contributed by atoms with Gasteiger partial charge in [0.25, 0.3) is 0 Å². The Hall–Kier alpha value is -3.69. The minimum Gasteiger partial charge on any atom is -0.479 e. The summed E-state index contributed by atoms with van der Waals surface area (Å²) < 4.78 is 22.2. The number of ether oxygens (including phenoxy) is 4. The Morgan fingerprint density at radius 3 is 2.32 bits per heavy atom. The molecule has 1 aliphatic heterocycles. The van der Waals surface area contributed by atoms with Crippen molar-refractivity contribution in [3.05, 3.63) is 72.3 Å². The lowest BCUT2D eigenvalue weighted by molar-refractivity contribution is -0.176. The molecule has 1 heterocycles. The van der Waals surface area contributed by atoms with E-state index in [1.807, 2.05) is 48.5 Å². The molecule has 1 fully saturated rings. The normalized spacial score (nSPS) is 21.2. The maximum Gasteiger partial charge on any atom is 0.407 e. The zero-order valence-electron chi connectivity index (χ0n) is 21.8. The van der Waals surface area contributed by atoms with Gasteiger partial charge in [0.15, 0.2) is 11.9 Å². The summed E-state index contributed by atoms with van der Waals surface area (Å²) in [6, 6.07) is 14.9. The highest BCUT2D eigenvalue weighted by molar-refractivity contribution is 5.82. The van der Waals surface area contributed by atoms with E-state index in [2.05, 4.69) is 11.9 Å². The molecule has 2 aliphatic rings. The third-order valence-corrected chi connectivity index (χ3v) is 6.87. The molecule has 202 valence electrons. The molecule has 1 unspecified atom stereocenters. The van der Waals surface area contributed by atoms with Crippen LogP contribution in [-0.4, -0.2) is 59.9 Å². The number of amides is 1. The lowest BCUT2D eigenvalue weighted by atomic mass is 9.98. The van der Waals surface area contributed by atoms with Crippen molar-refractivity contribution in [3.8, 4) is 11.1 Å². The molecule has 0 bridgehead atoms. The van der Waals surface area contributed by atoms with Crippen LogP contribution in [-0.2, 0) is 28.5 Å². The Bertz CT molecular complexity index is 1180. The van der Waals surface area contributed by atoms with Crippen LogP contribution in [0, 0.1) is 0 Å². The number of hydrogen-bond donors (Lipinski definition) is 2. The number of carbonyl (C=O) groups excluding carboxylic acids is 2. The van der Waals surface area contributed by atoms with E-state index < -0.39 is 41.6 Å². The predicted octanol–water partition coefficient (Wildman–Crippen LogP) is 4.40. The van der Waals surface area contributed by atoms with E-state index in [1.54, 1.807) is 20.8 Å². The average molecular weight is 524 g/mol. The second kappa shape index (κ2) is 11.0. The minimum absolute atomic E-state index is 0.0685. The van der Waals surface area contributed by atoms with Gasteiger partial charge in [0.05, 0.1) is 6.61 Å². The Morgan fingerprint density at radius 2 is 1.76 bits per heavy atom. The number of nitrogens with one attached hydrogen (secondary N) is 1. The third kappa shape index (κ3) is 6.06. The molecule has 2 aromatic carbocycles. The van der Waals surface area contributed by atoms with Gasteiger partial charge in [-0.3, -0.25) is 0 Å². The van der Waals surface area contributed by atoms with Gasteiger partial charge in [-0.25, -0.2) is 14.4 Å². The molecule has 4 rings (SSSR count). The van der Waals surface area contributed by atoms with Gasteiger partial charge < -0.3 is 29.4 Å². The Morgan fingerprint density at radius 1 is 1.16 bits per heavy atom. The standard InChI is InChI=1S/C29H33NO8/c1-5-28(2,3)38-26(33)23(14-15-29(4)36-17-24(37-29)25(31)32)30-27(34)35-16-22-20-12-8-6-10-18(20)19-11-7-9-13-21(19)22/h5-13,22-24H,1,14-17H2,2-4H3,(H,30,34)(H,31,32)/t23-,24-,29?/m0/s1. The first-order valence-corrected chi connectivity index (χ1v) is 12.5. The second-order valence-electron chi connectivity index (χ2n) is 10.2. The van der Waals surface area contributed by atoms with Crippen molar-refractivity contribution in [2.45, 2.75) is 63.1 Å². The summed E-state index contributed by atoms with van der Waals surface area (Å²) in [6.45, 7) is 8.59. The number of carboxylic acid groups (broad SMARTS) is 1. The van der Waals surface area contributed by atoms with Gasteiger partial charge in [0.2, 0.25) is 0 Å². The first-order chi connectivity index (χ1) is 18.0. The number of esters is 1. The van der Waals surface area contributed by atoms with Gasteiger partial charge >= 0.3 is 18.0 Å². The van der Waals surface area contributed by atoms with Crippen LogP contribution in [0.3, 0.4) is 0 Å². The molecule has 2 aromatic rings. The molecule has 9 nitrogen and oxygen atoms in total. The van der Waals surface area contributed by atoms with Crippen LogP contribution in [0.2, 0.25) is 0 Å². The van der Waals surface area contributed by atoms with Crippen LogP contribution >= 0.6 is 0 Å². The van der Waals surface area contributed by atoms with E-state index in [9.17, 15) is 19.5 Å². The minimum atomic E-state index is -1.22. The van der Waals surface area contributed by atoms with Crippen LogP contribution in [0.15, 0.2) is 61.2 Å². The van der Waals surface area contributed by atoms with Gasteiger partial charge in [0, 0.05) is 12.3 Å². The number of benzene rings is 2. The zero-order chi connectivity index (χ0) is 27.5. The fraction of sp³-hybridized carbons (Fsp3) is 0.414. The smallest absolute Gasteiger partial charge is 0.407 e. The zero-order valence-corrected chi connectivity index (χ0v) is 21.8. The Labute approximate surface area is 221 Å². The molecule has 1 saturated heterocycles. The molecule has 0 radical (unpaired) electrons. The second-order valence-corrected chi connectivity index (χ2v) is 10.2. The molecular weight excluding hydrogens is 490 g/mol. The number of alkyl carbamates (subject to hydrolysis) is 1. The topological polar surface area (TPSA) is 120 Å². The number of fused-ring (bicyclic) bond motifs is 3. The van der Waals surface area contributed by atoms with Gasteiger partial charge in [-0.1, -0.05) is 55.1 Å². The van der Waals surface area contributed by atoms with Crippen molar-refractivity contribution in [1.29, 1.82) is 0 Å². The fourth-order valence-electron chi connectivity index (χ4n) is 4.68. The van der Waals surface area contributed by atoms with Crippen LogP contribution in [0.1, 0.15) is 50.7 Å². The maximum absolute atomic E-state index is 13.0. The number of carbonyl (C=O) groups is 3. The summed E-state index contributed by atoms with van der Waals surface area (Å²) >= 11 is 0. The number of aliphatic carboxylic acids is 1. The Balaban J connectivity index is 1.43. The van der Waals surface area contributed by atoms with Crippen molar-refractivity contribution < 1.29 is 38.4 Å². The highest BCUT2D eigenvalue weighted by Crippen LogP contribution is 2.44. The highest BCUT2D eigenvalue weighted by atomic mass is 16.7. The molecule has 38 heavy (non-hydrogen) atoms. The quantitative estimate of drug-likeness (QED) is 0.347. The third-order valence-electron chi connectivity index (χ3n) is 6.87. The average Bonchev–Trinajstić information content (AvgIpc) is 3.44. The maximum atomic E-state index is 13.0. The molecule has 0 aromatic heterocycles. The summed E-state index contributed by atoms with van der Waals surface area (Å²) in [5, 5.41) is 11.8. The van der Waals surface area contributed by atoms with E-state index in [4.69, 9.17) is 18.9 Å². The monoisotopic (exact) mass is 523 g/mol. The van der Waals surface area contributed by atoms with Crippen LogP contribution in [0.4, 0.5) is 4.79 Å². The van der Waals surface area contributed by atoms with Crippen molar-refractivity contribution in [2.75, 3.05) is 13.2 Å². The molecule has 1 amide bonds. The first-order valence-electron chi connectivity index (χ1n) is 12.5. The van der Waals surface area contributed by atoms with Crippen LogP contribution < -0.4 is 5.32 Å². The van der Waals surface area contributed by atoms with Crippen LogP contribution in [0.5, 0.6) is 0 Å². The molecule has 2 N–H and O–H groups in total. The molecule has 0 saturated carbocycles. The van der Waals surface area contributed by atoms with Crippen LogP contribution in [0.25, 0.3) is 11.1 Å². The van der Waals surface area contributed by atoms with E-state index in [0.29, 0.717) is 0 Å². The molecular formula is C29H33NO8. The Kier molecular flexibility index (Phi) is 7.89. The van der Waals surface area contributed by atoms with E-state index in [-0.39, 0.29) is 32.0 Å². The molecule has 3 atom stereocenters. The summed E-state index contributed by atoms with van der Waals surface area (Å²) in [6.07, 6.45) is -0.183. The largest absolute Gasteiger partial charge is 0.479 e. The van der Waals surface area contributed by atoms with Gasteiger partial charge in [-0.05, 0) is 55.5 Å². The predicted molar refractivity (Wildman–Crippen MR) is 138 cm³/mol. The van der Waals surface area contributed by atoms with Gasteiger partial charge in [-0.15, -0.1) is 0 Å². The van der Waals surface area contributed by atoms with Gasteiger partial charge in [0.1, 0.15) is 18.2 Å². The van der Waals surface area contributed by atoms with Crippen molar-refractivity contribution in [3.63, 3.8) is 0 Å². The lowest BCUT2D eigenvalue weighted by Crippen LogP contribution is -2.46.